The van der Waals surface area contributed by atoms with E-state index in [0.717, 1.165) is 11.1 Å². The minimum atomic E-state index is -0.234. The first-order chi connectivity index (χ1) is 10.5. The molecule has 0 unspecified atom stereocenters. The van der Waals surface area contributed by atoms with Gasteiger partial charge in [-0.15, -0.1) is 11.3 Å². The highest BCUT2D eigenvalue weighted by molar-refractivity contribution is 7.17. The lowest BCUT2D eigenvalue weighted by Crippen LogP contribution is -2.23. The van der Waals surface area contributed by atoms with Crippen LogP contribution in [-0.2, 0) is 11.3 Å². The van der Waals surface area contributed by atoms with Crippen LogP contribution in [0.3, 0.4) is 0 Å². The fraction of sp³-hybridized carbons (Fsp3) is 0.133. The van der Waals surface area contributed by atoms with Crippen molar-refractivity contribution >= 4 is 50.5 Å². The maximum absolute atomic E-state index is 12.6. The van der Waals surface area contributed by atoms with E-state index in [2.05, 4.69) is 4.98 Å². The number of halogens is 2. The quantitative estimate of drug-likeness (QED) is 0.715. The SMILES string of the molecule is CC(=O)Cn1cnc2scc(-c3ccc(Cl)c(Cl)c3)c2c1=O. The Balaban J connectivity index is 2.24. The molecule has 7 heteroatoms. The first kappa shape index (κ1) is 15.2. The van der Waals surface area contributed by atoms with E-state index in [-0.39, 0.29) is 17.9 Å². The molecule has 0 amide bonds. The molecule has 0 atom stereocenters. The number of thiophene rings is 1. The Morgan fingerprint density at radius 1 is 1.32 bits per heavy atom. The molecular formula is C15H10Cl2N2O2S. The third-order valence-electron chi connectivity index (χ3n) is 3.18. The predicted octanol–water partition coefficient (Wildman–Crippen LogP) is 4.02. The Morgan fingerprint density at radius 3 is 2.77 bits per heavy atom. The van der Waals surface area contributed by atoms with Crippen LogP contribution in [0.1, 0.15) is 6.92 Å². The second kappa shape index (κ2) is 5.83. The molecule has 4 nitrogen and oxygen atoms in total. The third-order valence-corrected chi connectivity index (χ3v) is 4.81. The highest BCUT2D eigenvalue weighted by atomic mass is 35.5. The van der Waals surface area contributed by atoms with Crippen LogP contribution < -0.4 is 5.56 Å². The van der Waals surface area contributed by atoms with Crippen molar-refractivity contribution in [3.05, 3.63) is 50.3 Å². The van der Waals surface area contributed by atoms with Gasteiger partial charge in [0.1, 0.15) is 10.6 Å². The third kappa shape index (κ3) is 2.67. The highest BCUT2D eigenvalue weighted by Gasteiger charge is 2.14. The fourth-order valence-electron chi connectivity index (χ4n) is 2.20. The zero-order valence-corrected chi connectivity index (χ0v) is 13.8. The van der Waals surface area contributed by atoms with E-state index in [4.69, 9.17) is 23.2 Å². The first-order valence-electron chi connectivity index (χ1n) is 6.39. The summed E-state index contributed by atoms with van der Waals surface area (Å²) in [7, 11) is 0. The number of hydrogen-bond donors (Lipinski definition) is 0. The van der Waals surface area contributed by atoms with Crippen molar-refractivity contribution in [2.45, 2.75) is 13.5 Å². The van der Waals surface area contributed by atoms with Crippen molar-refractivity contribution in [3.63, 3.8) is 0 Å². The van der Waals surface area contributed by atoms with Gasteiger partial charge in [0.25, 0.3) is 5.56 Å². The molecule has 0 saturated heterocycles. The second-order valence-corrected chi connectivity index (χ2v) is 6.51. The molecule has 0 aliphatic rings. The molecule has 3 aromatic rings. The van der Waals surface area contributed by atoms with Gasteiger partial charge in [0.2, 0.25) is 0 Å². The maximum Gasteiger partial charge on any atom is 0.263 e. The second-order valence-electron chi connectivity index (χ2n) is 4.84. The molecular weight excluding hydrogens is 343 g/mol. The van der Waals surface area contributed by atoms with Gasteiger partial charge >= 0.3 is 0 Å². The lowest BCUT2D eigenvalue weighted by atomic mass is 10.1. The van der Waals surface area contributed by atoms with Gasteiger partial charge in [-0.05, 0) is 24.6 Å². The Morgan fingerprint density at radius 2 is 2.09 bits per heavy atom. The van der Waals surface area contributed by atoms with E-state index in [1.165, 1.54) is 29.2 Å². The number of rotatable bonds is 3. The number of Topliss-reactive ketones (excluding diaryl/α,β-unsaturated/α-hetero) is 1. The number of hydrogen-bond acceptors (Lipinski definition) is 4. The number of ketones is 1. The topological polar surface area (TPSA) is 52.0 Å². The number of aromatic nitrogens is 2. The monoisotopic (exact) mass is 352 g/mol. The molecule has 112 valence electrons. The molecule has 1 aromatic carbocycles. The summed E-state index contributed by atoms with van der Waals surface area (Å²) in [6, 6.07) is 5.21. The molecule has 2 aromatic heterocycles. The van der Waals surface area contributed by atoms with Crippen LogP contribution in [0, 0.1) is 0 Å². The summed E-state index contributed by atoms with van der Waals surface area (Å²) in [4.78, 5) is 28.7. The van der Waals surface area contributed by atoms with Gasteiger partial charge < -0.3 is 0 Å². The lowest BCUT2D eigenvalue weighted by molar-refractivity contribution is -0.117. The number of carbonyl (C=O) groups excluding carboxylic acids is 1. The summed E-state index contributed by atoms with van der Waals surface area (Å²) in [5, 5.41) is 3.23. The molecule has 2 heterocycles. The van der Waals surface area contributed by atoms with Crippen LogP contribution in [0.15, 0.2) is 34.7 Å². The average Bonchev–Trinajstić information content (AvgIpc) is 2.89. The van der Waals surface area contributed by atoms with Gasteiger partial charge in [0.05, 0.1) is 28.3 Å². The normalized spacial score (nSPS) is 11.0. The number of benzene rings is 1. The van der Waals surface area contributed by atoms with Crippen molar-refractivity contribution in [2.24, 2.45) is 0 Å². The highest BCUT2D eigenvalue weighted by Crippen LogP contribution is 2.34. The summed E-state index contributed by atoms with van der Waals surface area (Å²) >= 11 is 13.4. The molecule has 0 radical (unpaired) electrons. The molecule has 0 saturated carbocycles. The van der Waals surface area contributed by atoms with Gasteiger partial charge in [0, 0.05) is 10.9 Å². The number of nitrogens with zero attached hydrogens (tertiary/aromatic N) is 2. The Bertz CT molecular complexity index is 946. The predicted molar refractivity (Wildman–Crippen MR) is 90.0 cm³/mol. The number of fused-ring (bicyclic) bond motifs is 1. The molecule has 3 rings (SSSR count). The fourth-order valence-corrected chi connectivity index (χ4v) is 3.40. The minimum Gasteiger partial charge on any atom is -0.298 e. The van der Waals surface area contributed by atoms with Crippen LogP contribution in [-0.4, -0.2) is 15.3 Å². The van der Waals surface area contributed by atoms with Crippen LogP contribution in [0.2, 0.25) is 10.0 Å². The van der Waals surface area contributed by atoms with Crippen LogP contribution in [0.25, 0.3) is 21.3 Å². The molecule has 0 spiro atoms. The van der Waals surface area contributed by atoms with Gasteiger partial charge in [-0.25, -0.2) is 4.98 Å². The zero-order chi connectivity index (χ0) is 15.9. The van der Waals surface area contributed by atoms with E-state index in [0.29, 0.717) is 20.3 Å². The van der Waals surface area contributed by atoms with Crippen molar-refractivity contribution < 1.29 is 4.79 Å². The summed E-state index contributed by atoms with van der Waals surface area (Å²) < 4.78 is 1.32. The van der Waals surface area contributed by atoms with Gasteiger partial charge in [-0.2, -0.15) is 0 Å². The molecule has 0 N–H and O–H groups in total. The van der Waals surface area contributed by atoms with Gasteiger partial charge in [-0.1, -0.05) is 29.3 Å². The standard InChI is InChI=1S/C15H10Cl2N2O2S/c1-8(20)5-19-7-18-14-13(15(19)21)10(6-22-14)9-2-3-11(16)12(17)4-9/h2-4,6-7H,5H2,1H3. The number of carbonyl (C=O) groups is 1. The Hall–Kier alpha value is -1.69. The Kier molecular flexibility index (Phi) is 4.04. The zero-order valence-electron chi connectivity index (χ0n) is 11.5. The summed E-state index contributed by atoms with van der Waals surface area (Å²) in [6.07, 6.45) is 1.40. The molecule has 0 aliphatic carbocycles. The van der Waals surface area contributed by atoms with E-state index in [1.54, 1.807) is 18.2 Å². The van der Waals surface area contributed by atoms with Gasteiger partial charge in [-0.3, -0.25) is 14.2 Å². The van der Waals surface area contributed by atoms with Crippen LogP contribution in [0.5, 0.6) is 0 Å². The first-order valence-corrected chi connectivity index (χ1v) is 8.02. The van der Waals surface area contributed by atoms with Crippen molar-refractivity contribution in [1.29, 1.82) is 0 Å². The largest absolute Gasteiger partial charge is 0.298 e. The van der Waals surface area contributed by atoms with Crippen LogP contribution in [0.4, 0.5) is 0 Å². The summed E-state index contributed by atoms with van der Waals surface area (Å²) in [6.45, 7) is 1.45. The molecule has 0 bridgehead atoms. The van der Waals surface area contributed by atoms with E-state index < -0.39 is 0 Å². The summed E-state index contributed by atoms with van der Waals surface area (Å²) in [5.41, 5.74) is 1.30. The van der Waals surface area contributed by atoms with Crippen molar-refractivity contribution in [1.82, 2.24) is 9.55 Å². The molecule has 0 aliphatic heterocycles. The maximum atomic E-state index is 12.6. The van der Waals surface area contributed by atoms with E-state index in [9.17, 15) is 9.59 Å². The smallest absolute Gasteiger partial charge is 0.263 e. The molecule has 22 heavy (non-hydrogen) atoms. The van der Waals surface area contributed by atoms with Crippen molar-refractivity contribution in [2.75, 3.05) is 0 Å². The Labute approximate surface area is 139 Å². The van der Waals surface area contributed by atoms with E-state index in [1.807, 2.05) is 5.38 Å². The van der Waals surface area contributed by atoms with Crippen LogP contribution >= 0.6 is 34.5 Å². The average molecular weight is 353 g/mol. The minimum absolute atomic E-state index is 0.0123. The van der Waals surface area contributed by atoms with Crippen molar-refractivity contribution in [3.8, 4) is 11.1 Å². The lowest BCUT2D eigenvalue weighted by Gasteiger charge is -2.05. The van der Waals surface area contributed by atoms with Gasteiger partial charge in [0.15, 0.2) is 0 Å². The molecule has 0 fully saturated rings. The van der Waals surface area contributed by atoms with E-state index >= 15 is 0 Å². The summed E-state index contributed by atoms with van der Waals surface area (Å²) in [5.74, 6) is -0.102.